The number of primary amides is 1. The largest absolute Gasteiger partial charge is 0.433 e. The maximum atomic E-state index is 13.8. The number of carbonyl (C=O) groups excluding carboxylic acids is 2. The van der Waals surface area contributed by atoms with Crippen LogP contribution in [0.25, 0.3) is 16.9 Å². The van der Waals surface area contributed by atoms with Gasteiger partial charge in [0.2, 0.25) is 0 Å². The number of alkyl halides is 3. The molecule has 3 heterocycles. The van der Waals surface area contributed by atoms with E-state index in [1.165, 1.54) is 11.3 Å². The van der Waals surface area contributed by atoms with Crippen LogP contribution >= 0.6 is 11.3 Å². The summed E-state index contributed by atoms with van der Waals surface area (Å²) < 4.78 is 42.0. The number of halogens is 3. The Morgan fingerprint density at radius 1 is 1.12 bits per heavy atom. The Hall–Kier alpha value is -3.73. The van der Waals surface area contributed by atoms with Crippen LogP contribution in [-0.2, 0) is 19.0 Å². The first-order chi connectivity index (χ1) is 16.2. The lowest BCUT2D eigenvalue weighted by atomic mass is 9.95. The molecule has 1 aromatic carbocycles. The summed E-state index contributed by atoms with van der Waals surface area (Å²) in [7, 11) is 0. The van der Waals surface area contributed by atoms with E-state index < -0.39 is 23.7 Å². The van der Waals surface area contributed by atoms with Gasteiger partial charge in [0.15, 0.2) is 11.3 Å². The lowest BCUT2D eigenvalue weighted by Crippen LogP contribution is -2.19. The summed E-state index contributed by atoms with van der Waals surface area (Å²) in [6, 6.07) is 9.26. The summed E-state index contributed by atoms with van der Waals surface area (Å²) in [5, 5.41) is 6.75. The van der Waals surface area contributed by atoms with Crippen molar-refractivity contribution in [3.8, 4) is 11.3 Å². The van der Waals surface area contributed by atoms with Gasteiger partial charge in [-0.2, -0.15) is 18.3 Å². The minimum atomic E-state index is -4.73. The van der Waals surface area contributed by atoms with Crippen LogP contribution < -0.4 is 11.1 Å². The zero-order chi connectivity index (χ0) is 24.0. The summed E-state index contributed by atoms with van der Waals surface area (Å²) in [5.41, 5.74) is 5.75. The predicted octanol–water partition coefficient (Wildman–Crippen LogP) is 4.71. The summed E-state index contributed by atoms with van der Waals surface area (Å²) in [6.45, 7) is 0. The number of rotatable bonds is 4. The van der Waals surface area contributed by atoms with E-state index in [1.807, 2.05) is 0 Å². The van der Waals surface area contributed by atoms with Crippen LogP contribution in [0.2, 0.25) is 0 Å². The predicted molar refractivity (Wildman–Crippen MR) is 121 cm³/mol. The van der Waals surface area contributed by atoms with E-state index >= 15 is 0 Å². The number of fused-ring (bicyclic) bond motifs is 2. The molecule has 5 rings (SSSR count). The van der Waals surface area contributed by atoms with Gasteiger partial charge in [-0.3, -0.25) is 9.59 Å². The van der Waals surface area contributed by atoms with Crippen molar-refractivity contribution in [3.63, 3.8) is 0 Å². The van der Waals surface area contributed by atoms with E-state index in [4.69, 9.17) is 5.73 Å². The summed E-state index contributed by atoms with van der Waals surface area (Å²) >= 11 is 1.27. The minimum absolute atomic E-state index is 0.0550. The summed E-state index contributed by atoms with van der Waals surface area (Å²) in [4.78, 5) is 30.6. The summed E-state index contributed by atoms with van der Waals surface area (Å²) in [5.74, 6) is -1.37. The second-order valence-electron chi connectivity index (χ2n) is 7.92. The Kier molecular flexibility index (Phi) is 5.35. The van der Waals surface area contributed by atoms with Crippen molar-refractivity contribution < 1.29 is 22.8 Å². The van der Waals surface area contributed by atoms with E-state index in [9.17, 15) is 22.8 Å². The van der Waals surface area contributed by atoms with E-state index in [-0.39, 0.29) is 22.5 Å². The number of amides is 2. The average Bonchev–Trinajstić information content (AvgIpc) is 3.39. The Morgan fingerprint density at radius 3 is 2.56 bits per heavy atom. The molecule has 0 fully saturated rings. The number of hydrogen-bond acceptors (Lipinski definition) is 5. The number of nitrogens with zero attached hydrogens (tertiary/aromatic N) is 3. The zero-order valence-electron chi connectivity index (χ0n) is 17.6. The van der Waals surface area contributed by atoms with E-state index in [0.29, 0.717) is 21.5 Å². The van der Waals surface area contributed by atoms with Crippen LogP contribution in [0.4, 0.5) is 18.2 Å². The molecule has 0 aliphatic heterocycles. The lowest BCUT2D eigenvalue weighted by Gasteiger charge is -2.12. The Bertz CT molecular complexity index is 1430. The molecule has 7 nitrogen and oxygen atoms in total. The van der Waals surface area contributed by atoms with Gasteiger partial charge in [-0.15, -0.1) is 11.3 Å². The van der Waals surface area contributed by atoms with Gasteiger partial charge in [-0.1, -0.05) is 30.3 Å². The third kappa shape index (κ3) is 3.81. The van der Waals surface area contributed by atoms with Crippen LogP contribution in [0.5, 0.6) is 0 Å². The molecule has 0 unspecified atom stereocenters. The van der Waals surface area contributed by atoms with Gasteiger partial charge in [0.1, 0.15) is 10.6 Å². The van der Waals surface area contributed by atoms with Crippen LogP contribution in [0.15, 0.2) is 42.6 Å². The highest BCUT2D eigenvalue weighted by Crippen LogP contribution is 2.38. The maximum Gasteiger partial charge on any atom is 0.433 e. The smallest absolute Gasteiger partial charge is 0.365 e. The number of benzene rings is 1. The number of thiophene rings is 1. The molecule has 0 atom stereocenters. The molecule has 3 aromatic heterocycles. The molecule has 0 spiro atoms. The lowest BCUT2D eigenvalue weighted by molar-refractivity contribution is -0.142. The third-order valence-corrected chi connectivity index (χ3v) is 6.93. The fourth-order valence-corrected chi connectivity index (χ4v) is 5.46. The molecule has 1 aliphatic rings. The number of anilines is 1. The van der Waals surface area contributed by atoms with Gasteiger partial charge >= 0.3 is 6.18 Å². The second kappa shape index (κ2) is 8.24. The third-order valence-electron chi connectivity index (χ3n) is 5.72. The average molecular weight is 485 g/mol. The van der Waals surface area contributed by atoms with Crippen molar-refractivity contribution in [1.29, 1.82) is 0 Å². The molecule has 0 radical (unpaired) electrons. The van der Waals surface area contributed by atoms with E-state index in [2.05, 4.69) is 15.4 Å². The standard InChI is InChI=1S/C23H18F3N5O2S/c24-23(25,26)17-10-15(12-6-2-1-3-7-12)29-20-14(11-28-31(17)20)21(33)30-22-18(19(27)32)13-8-4-5-9-16(13)34-22/h1-3,6-7,10-11H,4-5,8-9H2,(H2,27,32)(H,30,33). The molecule has 4 aromatic rings. The van der Waals surface area contributed by atoms with Gasteiger partial charge in [0.05, 0.1) is 17.5 Å². The molecule has 11 heteroatoms. The van der Waals surface area contributed by atoms with Crippen LogP contribution in [-0.4, -0.2) is 26.4 Å². The molecule has 0 bridgehead atoms. The topological polar surface area (TPSA) is 102 Å². The first-order valence-corrected chi connectivity index (χ1v) is 11.3. The van der Waals surface area contributed by atoms with Gasteiger partial charge < -0.3 is 11.1 Å². The maximum absolute atomic E-state index is 13.8. The fraction of sp³-hybridized carbons (Fsp3) is 0.217. The SMILES string of the molecule is NC(=O)c1c(NC(=O)c2cnn3c(C(F)(F)F)cc(-c4ccccc4)nc23)sc2c1CCCC2. The Balaban J connectivity index is 1.60. The molecule has 174 valence electrons. The van der Waals surface area contributed by atoms with Gasteiger partial charge in [-0.05, 0) is 37.3 Å². The van der Waals surface area contributed by atoms with Gasteiger partial charge in [0, 0.05) is 10.4 Å². The monoisotopic (exact) mass is 485 g/mol. The Morgan fingerprint density at radius 2 is 1.85 bits per heavy atom. The fourth-order valence-electron chi connectivity index (χ4n) is 4.17. The zero-order valence-corrected chi connectivity index (χ0v) is 18.5. The highest BCUT2D eigenvalue weighted by Gasteiger charge is 2.36. The van der Waals surface area contributed by atoms with Crippen LogP contribution in [0, 0.1) is 0 Å². The number of carbonyl (C=O) groups is 2. The van der Waals surface area contributed by atoms with Gasteiger partial charge in [-0.25, -0.2) is 9.50 Å². The van der Waals surface area contributed by atoms with Gasteiger partial charge in [0.25, 0.3) is 11.8 Å². The first-order valence-electron chi connectivity index (χ1n) is 10.5. The Labute approximate surface area is 195 Å². The van der Waals surface area contributed by atoms with Crippen molar-refractivity contribution in [2.75, 3.05) is 5.32 Å². The molecule has 34 heavy (non-hydrogen) atoms. The molecule has 1 aliphatic carbocycles. The normalized spacial score (nSPS) is 13.6. The van der Waals surface area contributed by atoms with Crippen LogP contribution in [0.1, 0.15) is 49.7 Å². The molecular weight excluding hydrogens is 467 g/mol. The van der Waals surface area contributed by atoms with Crippen molar-refractivity contribution >= 4 is 33.8 Å². The number of aryl methyl sites for hydroxylation is 1. The van der Waals surface area contributed by atoms with Crippen molar-refractivity contribution in [1.82, 2.24) is 14.6 Å². The number of hydrogen-bond donors (Lipinski definition) is 2. The minimum Gasteiger partial charge on any atom is -0.365 e. The second-order valence-corrected chi connectivity index (χ2v) is 9.02. The van der Waals surface area contributed by atoms with Crippen molar-refractivity contribution in [2.45, 2.75) is 31.9 Å². The van der Waals surface area contributed by atoms with E-state index in [0.717, 1.165) is 42.0 Å². The first kappa shape index (κ1) is 22.1. The molecule has 3 N–H and O–H groups in total. The highest BCUT2D eigenvalue weighted by atomic mass is 32.1. The van der Waals surface area contributed by atoms with Crippen molar-refractivity contribution in [2.24, 2.45) is 5.73 Å². The molecule has 0 saturated heterocycles. The number of aromatic nitrogens is 3. The van der Waals surface area contributed by atoms with Crippen molar-refractivity contribution in [3.05, 3.63) is 69.9 Å². The van der Waals surface area contributed by atoms with E-state index in [1.54, 1.807) is 30.3 Å². The molecule has 0 saturated carbocycles. The molecule has 2 amide bonds. The molecular formula is C23H18F3N5O2S. The van der Waals surface area contributed by atoms with Crippen LogP contribution in [0.3, 0.4) is 0 Å². The quantitative estimate of drug-likeness (QED) is 0.437. The highest BCUT2D eigenvalue weighted by molar-refractivity contribution is 7.17. The number of nitrogens with two attached hydrogens (primary N) is 1. The number of nitrogens with one attached hydrogen (secondary N) is 1. The summed E-state index contributed by atoms with van der Waals surface area (Å²) in [6.07, 6.45) is -0.329.